The van der Waals surface area contributed by atoms with E-state index in [1.807, 2.05) is 0 Å². The Labute approximate surface area is 205 Å². The van der Waals surface area contributed by atoms with Crippen molar-refractivity contribution < 1.29 is 19.5 Å². The van der Waals surface area contributed by atoms with Crippen molar-refractivity contribution in [1.29, 1.82) is 0 Å². The van der Waals surface area contributed by atoms with Crippen molar-refractivity contribution >= 4 is 17.5 Å². The van der Waals surface area contributed by atoms with Crippen molar-refractivity contribution in [2.24, 2.45) is 56.2 Å². The lowest BCUT2D eigenvalue weighted by atomic mass is 9.32. The van der Waals surface area contributed by atoms with Gasteiger partial charge in [-0.3, -0.25) is 14.4 Å². The summed E-state index contributed by atoms with van der Waals surface area (Å²) in [6.45, 7) is 15.7. The molecule has 0 aromatic rings. The van der Waals surface area contributed by atoms with Crippen molar-refractivity contribution in [3.63, 3.8) is 0 Å². The third kappa shape index (κ3) is 2.75. The normalized spacial score (nSPS) is 51.0. The molecule has 5 rings (SSSR count). The fourth-order valence-corrected chi connectivity index (χ4v) is 10.4. The van der Waals surface area contributed by atoms with Gasteiger partial charge in [-0.15, -0.1) is 0 Å². The van der Waals surface area contributed by atoms with Crippen LogP contribution in [0.4, 0.5) is 0 Å². The minimum Gasteiger partial charge on any atom is -0.481 e. The zero-order chi connectivity index (χ0) is 25.1. The fraction of sp³-hybridized carbons (Fsp3) is 0.833. The molecule has 4 saturated carbocycles. The summed E-state index contributed by atoms with van der Waals surface area (Å²) in [5.41, 5.74) is -1.55. The highest BCUT2D eigenvalue weighted by Gasteiger charge is 2.72. The second-order valence-electron chi connectivity index (χ2n) is 14.8. The number of carboxylic acid groups (broad SMARTS) is 1. The van der Waals surface area contributed by atoms with Crippen molar-refractivity contribution in [1.82, 2.24) is 0 Å². The molecule has 0 radical (unpaired) electrons. The minimum atomic E-state index is -0.751. The van der Waals surface area contributed by atoms with Crippen molar-refractivity contribution in [2.45, 2.75) is 99.8 Å². The molecule has 4 heteroatoms. The van der Waals surface area contributed by atoms with Crippen LogP contribution in [0.1, 0.15) is 99.8 Å². The lowest BCUT2D eigenvalue weighted by Crippen LogP contribution is -2.69. The van der Waals surface area contributed by atoms with Crippen LogP contribution in [0.2, 0.25) is 0 Å². The highest BCUT2D eigenvalue weighted by molar-refractivity contribution is 5.96. The van der Waals surface area contributed by atoms with Gasteiger partial charge in [-0.1, -0.05) is 54.5 Å². The van der Waals surface area contributed by atoms with Gasteiger partial charge >= 0.3 is 5.97 Å². The summed E-state index contributed by atoms with van der Waals surface area (Å²) < 4.78 is 0. The van der Waals surface area contributed by atoms with E-state index in [1.54, 1.807) is 6.08 Å². The van der Waals surface area contributed by atoms with Gasteiger partial charge in [0, 0.05) is 17.8 Å². The number of fused-ring (bicyclic) bond motifs is 7. The second-order valence-corrected chi connectivity index (χ2v) is 14.8. The van der Waals surface area contributed by atoms with E-state index < -0.39 is 16.8 Å². The molecule has 5 aliphatic carbocycles. The van der Waals surface area contributed by atoms with E-state index in [-0.39, 0.29) is 51.1 Å². The number of hydrogen-bond acceptors (Lipinski definition) is 3. The van der Waals surface area contributed by atoms with Crippen LogP contribution in [-0.2, 0) is 14.4 Å². The number of carbonyl (C=O) groups is 3. The van der Waals surface area contributed by atoms with Crippen molar-refractivity contribution in [3.05, 3.63) is 12.2 Å². The highest BCUT2D eigenvalue weighted by atomic mass is 16.4. The number of rotatable bonds is 1. The van der Waals surface area contributed by atoms with E-state index in [0.717, 1.165) is 32.1 Å². The molecule has 8 atom stereocenters. The quantitative estimate of drug-likeness (QED) is 0.478. The molecule has 0 aromatic carbocycles. The first-order valence-electron chi connectivity index (χ1n) is 13.6. The molecule has 0 spiro atoms. The van der Waals surface area contributed by atoms with Crippen LogP contribution < -0.4 is 0 Å². The number of allylic oxidation sites excluding steroid dienone is 2. The van der Waals surface area contributed by atoms with E-state index in [0.29, 0.717) is 25.0 Å². The van der Waals surface area contributed by atoms with Gasteiger partial charge in [0.05, 0.1) is 5.41 Å². The summed E-state index contributed by atoms with van der Waals surface area (Å²) in [6, 6.07) is 0. The van der Waals surface area contributed by atoms with E-state index in [1.165, 1.54) is 0 Å². The third-order valence-corrected chi connectivity index (χ3v) is 12.7. The zero-order valence-electron chi connectivity index (χ0n) is 22.3. The average molecular weight is 469 g/mol. The van der Waals surface area contributed by atoms with E-state index >= 15 is 0 Å². The maximum atomic E-state index is 14.2. The fourth-order valence-electron chi connectivity index (χ4n) is 10.4. The second kappa shape index (κ2) is 6.85. The summed E-state index contributed by atoms with van der Waals surface area (Å²) >= 11 is 0. The van der Waals surface area contributed by atoms with Gasteiger partial charge < -0.3 is 5.11 Å². The standard InChI is InChI=1S/C30H44O4/c1-25(2)12-14-30(24(33)34)15-13-29(7)23(18(30)17-25)19(31)16-21-27(5)10-9-22(32)26(3,4)20(27)8-11-28(21,29)6/h9-10,18,20-21,23H,8,11-17H2,1-7H3,(H,33,34)/t18?,20-,21+,23?,27-,28+,29+,30-/m0/s1. The highest BCUT2D eigenvalue weighted by Crippen LogP contribution is 2.75. The zero-order valence-corrected chi connectivity index (χ0v) is 22.3. The SMILES string of the molecule is CC1(C)CC[C@]2(C(=O)O)CC[C@]3(C)C(C(=O)C[C@@H]4[C@@]5(C)C=CC(=O)C(C)(C)[C@@H]5CC[C@]43C)C2C1. The predicted octanol–water partition coefficient (Wildman–Crippen LogP) is 6.48. The van der Waals surface area contributed by atoms with Crippen LogP contribution in [-0.4, -0.2) is 22.6 Å². The summed E-state index contributed by atoms with van der Waals surface area (Å²) in [4.78, 5) is 39.8. The molecule has 34 heavy (non-hydrogen) atoms. The molecule has 2 unspecified atom stereocenters. The number of ketones is 2. The van der Waals surface area contributed by atoms with Crippen LogP contribution in [0, 0.1) is 56.2 Å². The molecule has 0 saturated heterocycles. The average Bonchev–Trinajstić information content (AvgIpc) is 2.72. The Bertz CT molecular complexity index is 990. The Kier molecular flexibility index (Phi) is 4.89. The first kappa shape index (κ1) is 24.3. The monoisotopic (exact) mass is 468 g/mol. The maximum absolute atomic E-state index is 14.2. The number of hydrogen-bond donors (Lipinski definition) is 1. The Morgan fingerprint density at radius 2 is 1.53 bits per heavy atom. The predicted molar refractivity (Wildman–Crippen MR) is 132 cm³/mol. The van der Waals surface area contributed by atoms with Gasteiger partial charge in [0.15, 0.2) is 5.78 Å². The number of aliphatic carboxylic acids is 1. The van der Waals surface area contributed by atoms with E-state index in [2.05, 4.69) is 54.5 Å². The van der Waals surface area contributed by atoms with Gasteiger partial charge in [0.2, 0.25) is 0 Å². The molecule has 5 aliphatic rings. The molecule has 188 valence electrons. The number of carboxylic acids is 1. The first-order chi connectivity index (χ1) is 15.6. The Balaban J connectivity index is 1.62. The number of Topliss-reactive ketones (excluding diaryl/α,β-unsaturated/α-hetero) is 1. The molecule has 0 bridgehead atoms. The molecular weight excluding hydrogens is 424 g/mol. The molecule has 0 amide bonds. The van der Waals surface area contributed by atoms with Gasteiger partial charge in [0.25, 0.3) is 0 Å². The van der Waals surface area contributed by atoms with Crippen LogP contribution in [0.25, 0.3) is 0 Å². The van der Waals surface area contributed by atoms with E-state index in [9.17, 15) is 19.5 Å². The topological polar surface area (TPSA) is 71.4 Å². The van der Waals surface area contributed by atoms with E-state index in [4.69, 9.17) is 0 Å². The Morgan fingerprint density at radius 1 is 0.882 bits per heavy atom. The third-order valence-electron chi connectivity index (χ3n) is 12.7. The Hall–Kier alpha value is -1.45. The first-order valence-corrected chi connectivity index (χ1v) is 13.6. The largest absolute Gasteiger partial charge is 0.481 e. The molecule has 0 aromatic heterocycles. The van der Waals surface area contributed by atoms with Gasteiger partial charge in [-0.2, -0.15) is 0 Å². The van der Waals surface area contributed by atoms with Crippen molar-refractivity contribution in [3.8, 4) is 0 Å². The van der Waals surface area contributed by atoms with Gasteiger partial charge in [-0.25, -0.2) is 0 Å². The maximum Gasteiger partial charge on any atom is 0.309 e. The van der Waals surface area contributed by atoms with Crippen LogP contribution in [0.5, 0.6) is 0 Å². The van der Waals surface area contributed by atoms with Crippen molar-refractivity contribution in [2.75, 3.05) is 0 Å². The molecule has 0 heterocycles. The molecule has 4 fully saturated rings. The summed E-state index contributed by atoms with van der Waals surface area (Å²) in [5.74, 6) is -0.0185. The molecule has 4 nitrogen and oxygen atoms in total. The summed E-state index contributed by atoms with van der Waals surface area (Å²) in [7, 11) is 0. The lowest BCUT2D eigenvalue weighted by molar-refractivity contribution is -0.225. The lowest BCUT2D eigenvalue weighted by Gasteiger charge is -2.71. The number of carbonyl (C=O) groups excluding carboxylic acids is 2. The van der Waals surface area contributed by atoms with Crippen LogP contribution in [0.15, 0.2) is 12.2 Å². The summed E-state index contributed by atoms with van der Waals surface area (Å²) in [6.07, 6.45) is 10.4. The van der Waals surface area contributed by atoms with Gasteiger partial charge in [-0.05, 0) is 90.4 Å². The van der Waals surface area contributed by atoms with Crippen LogP contribution in [0.3, 0.4) is 0 Å². The smallest absolute Gasteiger partial charge is 0.309 e. The van der Waals surface area contributed by atoms with Crippen LogP contribution >= 0.6 is 0 Å². The molecule has 1 N–H and O–H groups in total. The molecular formula is C30H44O4. The summed E-state index contributed by atoms with van der Waals surface area (Å²) in [5, 5.41) is 10.5. The molecule has 0 aliphatic heterocycles. The van der Waals surface area contributed by atoms with Gasteiger partial charge in [0.1, 0.15) is 5.78 Å². The minimum absolute atomic E-state index is 0.0517. The Morgan fingerprint density at radius 3 is 2.18 bits per heavy atom.